The van der Waals surface area contributed by atoms with Crippen molar-refractivity contribution in [1.29, 1.82) is 0 Å². The van der Waals surface area contributed by atoms with Gasteiger partial charge in [0.05, 0.1) is 0 Å². The first-order chi connectivity index (χ1) is 13.7. The molecule has 0 spiro atoms. The third kappa shape index (κ3) is 7.46. The van der Waals surface area contributed by atoms with Gasteiger partial charge in [0.2, 0.25) is 0 Å². The van der Waals surface area contributed by atoms with Crippen molar-refractivity contribution >= 4 is 76.4 Å². The molecule has 0 N–H and O–H groups in total. The molecule has 2 saturated carbocycles. The molecule has 172 valence electrons. The van der Waals surface area contributed by atoms with E-state index < -0.39 is 0 Å². The molecule has 2 aliphatic carbocycles. The second-order valence-corrected chi connectivity index (χ2v) is 8.43. The molecule has 0 aliphatic heterocycles. The molecule has 0 bridgehead atoms. The van der Waals surface area contributed by atoms with Crippen LogP contribution in [0.4, 0.5) is 0 Å². The van der Waals surface area contributed by atoms with Gasteiger partial charge in [-0.2, -0.15) is 12.1 Å². The predicted molar refractivity (Wildman–Crippen MR) is 146 cm³/mol. The molecule has 6 heteroatoms. The minimum absolute atomic E-state index is 0. The molecule has 0 atom stereocenters. The van der Waals surface area contributed by atoms with Gasteiger partial charge in [-0.15, -0.1) is 93.9 Å². The van der Waals surface area contributed by atoms with E-state index in [0.29, 0.717) is 0 Å². The summed E-state index contributed by atoms with van der Waals surface area (Å²) in [4.78, 5) is 0. The molecule has 4 aromatic carbocycles. The standard InChI is InChI=1S/2C12H10Cl.2CH3.2ClH.Si.Zr/c2*13-12-3-1-2-9-6-10(7-11(9)12)8-4-5-8;;;;;;/h2*1-3,6-8H,4-5H2;2*1H3;2*1H;;/q4*-1;;;;. The van der Waals surface area contributed by atoms with Gasteiger partial charge in [0.25, 0.3) is 0 Å². The number of hydrogen-bond donors (Lipinski definition) is 0. The first kappa shape index (κ1) is 31.9. The summed E-state index contributed by atoms with van der Waals surface area (Å²) >= 11 is 13.5. The van der Waals surface area contributed by atoms with Crippen LogP contribution in [-0.2, 0) is 23.3 Å². The zero-order valence-electron chi connectivity index (χ0n) is 18.3. The van der Waals surface area contributed by atoms with E-state index in [-0.39, 0.29) is 39.7 Å². The van der Waals surface area contributed by atoms with E-state index in [1.165, 1.54) is 81.7 Å². The van der Waals surface area contributed by atoms with Crippen LogP contribution in [0.1, 0.15) is 48.6 Å². The molecule has 32 heavy (non-hydrogen) atoms. The van der Waals surface area contributed by atoms with Crippen LogP contribution in [0.25, 0.3) is 21.5 Å². The van der Waals surface area contributed by atoms with E-state index in [1.807, 2.05) is 24.3 Å². The van der Waals surface area contributed by atoms with Gasteiger partial charge in [-0.3, -0.25) is 0 Å². The second-order valence-electron chi connectivity index (χ2n) is 7.61. The Labute approximate surface area is 232 Å². The Morgan fingerprint density at radius 2 is 1.03 bits per heavy atom. The van der Waals surface area contributed by atoms with Crippen LogP contribution in [0.5, 0.6) is 0 Å². The fraction of sp³-hybridized carbons (Fsp3) is 0.231. The summed E-state index contributed by atoms with van der Waals surface area (Å²) in [7, 11) is 0. The Morgan fingerprint density at radius 1 is 0.688 bits per heavy atom. The maximum absolute atomic E-state index is 6.10. The van der Waals surface area contributed by atoms with Crippen LogP contribution >= 0.6 is 48.0 Å². The zero-order valence-corrected chi connectivity index (χ0v) is 24.9. The molecule has 0 saturated heterocycles. The van der Waals surface area contributed by atoms with E-state index in [0.717, 1.165) is 21.9 Å². The van der Waals surface area contributed by atoms with Crippen LogP contribution < -0.4 is 0 Å². The molecule has 0 heterocycles. The van der Waals surface area contributed by atoms with Crippen molar-refractivity contribution in [3.63, 3.8) is 0 Å². The topological polar surface area (TPSA) is 0 Å². The number of halogens is 4. The molecule has 0 aromatic heterocycles. The SMILES string of the molecule is Cl.Cl.Clc1cccc2[cH-]c(C3CC3)cc12.Clc1cccc2[cH-]c(C3CC3)cc12.[CH3-].[CH3-].[Si]=[Zr]. The van der Waals surface area contributed by atoms with E-state index in [9.17, 15) is 0 Å². The molecule has 2 radical (unpaired) electrons. The van der Waals surface area contributed by atoms with E-state index in [1.54, 1.807) is 0 Å². The third-order valence-corrected chi connectivity index (χ3v) is 6.20. The monoisotopic (exact) mass is 598 g/mol. The summed E-state index contributed by atoms with van der Waals surface area (Å²) in [6, 6.07) is 21.3. The molecule has 6 rings (SSSR count). The Hall–Kier alpha value is -0.0800. The van der Waals surface area contributed by atoms with Crippen molar-refractivity contribution in [2.24, 2.45) is 0 Å². The number of hydrogen-bond acceptors (Lipinski definition) is 0. The van der Waals surface area contributed by atoms with Gasteiger partial charge in [-0.05, 0) is 47.6 Å². The Bertz CT molecular complexity index is 1020. The van der Waals surface area contributed by atoms with Crippen molar-refractivity contribution in [2.75, 3.05) is 0 Å². The molecular formula is C26H28Cl4SiZr-4. The van der Waals surface area contributed by atoms with Gasteiger partial charge in [-0.25, -0.2) is 0 Å². The van der Waals surface area contributed by atoms with E-state index in [2.05, 4.69) is 43.3 Å². The Balaban J connectivity index is 0.000000500. The van der Waals surface area contributed by atoms with Crippen molar-refractivity contribution in [2.45, 2.75) is 37.5 Å². The Morgan fingerprint density at radius 3 is 1.31 bits per heavy atom. The van der Waals surface area contributed by atoms with Gasteiger partial charge >= 0.3 is 30.2 Å². The minimum atomic E-state index is 0. The second kappa shape index (κ2) is 14.3. The zero-order chi connectivity index (χ0) is 19.7. The molecule has 4 aromatic rings. The van der Waals surface area contributed by atoms with E-state index in [4.69, 9.17) is 23.2 Å². The van der Waals surface area contributed by atoms with Crippen molar-refractivity contribution in [3.05, 3.63) is 96.7 Å². The van der Waals surface area contributed by atoms with E-state index >= 15 is 0 Å². The summed E-state index contributed by atoms with van der Waals surface area (Å²) in [5.74, 6) is 1.65. The average molecular weight is 602 g/mol. The van der Waals surface area contributed by atoms with Gasteiger partial charge in [0.1, 0.15) is 0 Å². The molecule has 2 fully saturated rings. The van der Waals surface area contributed by atoms with Gasteiger partial charge in [0, 0.05) is 0 Å². The molecular weight excluding hydrogens is 573 g/mol. The summed E-state index contributed by atoms with van der Waals surface area (Å²) in [6.45, 7) is 3.06. The third-order valence-electron chi connectivity index (χ3n) is 5.54. The summed E-state index contributed by atoms with van der Waals surface area (Å²) in [6.07, 6.45) is 5.42. The maximum atomic E-state index is 6.10. The van der Waals surface area contributed by atoms with Gasteiger partial charge < -0.3 is 14.9 Å². The van der Waals surface area contributed by atoms with Crippen LogP contribution in [-0.4, -0.2) is 6.88 Å². The number of fused-ring (bicyclic) bond motifs is 2. The summed E-state index contributed by atoms with van der Waals surface area (Å²) in [5, 5.41) is 6.76. The van der Waals surface area contributed by atoms with Crippen LogP contribution in [0.3, 0.4) is 0 Å². The van der Waals surface area contributed by atoms with Gasteiger partial charge in [-0.1, -0.05) is 35.3 Å². The fourth-order valence-electron chi connectivity index (χ4n) is 3.74. The molecule has 0 amide bonds. The van der Waals surface area contributed by atoms with Crippen LogP contribution in [0.15, 0.2) is 60.7 Å². The van der Waals surface area contributed by atoms with Crippen molar-refractivity contribution in [3.8, 4) is 0 Å². The summed E-state index contributed by atoms with van der Waals surface area (Å²) in [5.41, 5.74) is 2.95. The predicted octanol–water partition coefficient (Wildman–Crippen LogP) is 9.54. The van der Waals surface area contributed by atoms with Crippen LogP contribution in [0.2, 0.25) is 10.0 Å². The van der Waals surface area contributed by atoms with Crippen molar-refractivity contribution in [1.82, 2.24) is 0 Å². The molecule has 0 unspecified atom stereocenters. The first-order valence-corrected chi connectivity index (χ1v) is 14.6. The quantitative estimate of drug-likeness (QED) is 0.159. The van der Waals surface area contributed by atoms with Crippen LogP contribution in [0, 0.1) is 14.9 Å². The number of benzene rings is 2. The van der Waals surface area contributed by atoms with Crippen molar-refractivity contribution < 1.29 is 23.3 Å². The Kier molecular flexibility index (Phi) is 14.3. The normalized spacial score (nSPS) is 13.7. The molecule has 2 aliphatic rings. The first-order valence-electron chi connectivity index (χ1n) is 9.64. The molecule has 0 nitrogen and oxygen atoms in total. The van der Waals surface area contributed by atoms with Gasteiger partial charge in [0.15, 0.2) is 0 Å². The fourth-order valence-corrected chi connectivity index (χ4v) is 4.22. The number of rotatable bonds is 2. The summed E-state index contributed by atoms with van der Waals surface area (Å²) < 4.78 is 0. The average Bonchev–Trinajstić information content (AvgIpc) is 3.65.